The third kappa shape index (κ3) is 3.26. The molecule has 0 aliphatic carbocycles. The molecule has 108 valence electrons. The van der Waals surface area contributed by atoms with E-state index >= 15 is 0 Å². The maximum Gasteiger partial charge on any atom is 0.134 e. The molecule has 2 aromatic heterocycles. The second-order valence-corrected chi connectivity index (χ2v) is 4.72. The fourth-order valence-corrected chi connectivity index (χ4v) is 1.95. The van der Waals surface area contributed by atoms with Crippen molar-refractivity contribution in [1.82, 2.24) is 19.5 Å². The van der Waals surface area contributed by atoms with Crippen molar-refractivity contribution in [2.24, 2.45) is 7.05 Å². The Bertz CT molecular complexity index is 563. The minimum absolute atomic E-state index is 0.717. The molecule has 2 rings (SSSR count). The van der Waals surface area contributed by atoms with Gasteiger partial charge in [0.05, 0.1) is 6.54 Å². The Hall–Kier alpha value is -2.11. The number of aryl methyl sites for hydroxylation is 2. The first-order chi connectivity index (χ1) is 9.63. The van der Waals surface area contributed by atoms with Gasteiger partial charge >= 0.3 is 0 Å². The molecule has 0 radical (unpaired) electrons. The number of hydrogen-bond acceptors (Lipinski definition) is 5. The van der Waals surface area contributed by atoms with Crippen LogP contribution in [0.25, 0.3) is 0 Å². The number of imidazole rings is 1. The zero-order valence-corrected chi connectivity index (χ0v) is 12.6. The number of nitrogens with one attached hydrogen (secondary N) is 1. The van der Waals surface area contributed by atoms with E-state index in [2.05, 4.69) is 39.0 Å². The van der Waals surface area contributed by atoms with Crippen molar-refractivity contribution in [3.05, 3.63) is 30.1 Å². The Morgan fingerprint density at radius 1 is 1.30 bits per heavy atom. The average molecular weight is 274 g/mol. The van der Waals surface area contributed by atoms with Crippen molar-refractivity contribution in [3.8, 4) is 0 Å². The van der Waals surface area contributed by atoms with E-state index in [4.69, 9.17) is 0 Å². The number of rotatable bonds is 6. The second-order valence-electron chi connectivity index (χ2n) is 4.72. The molecule has 0 amide bonds. The van der Waals surface area contributed by atoms with Crippen LogP contribution in [0.1, 0.15) is 25.5 Å². The third-order valence-corrected chi connectivity index (χ3v) is 3.12. The molecule has 0 bridgehead atoms. The zero-order valence-electron chi connectivity index (χ0n) is 12.6. The predicted octanol–water partition coefficient (Wildman–Crippen LogP) is 1.84. The summed E-state index contributed by atoms with van der Waals surface area (Å²) in [4.78, 5) is 15.5. The van der Waals surface area contributed by atoms with Gasteiger partial charge in [-0.15, -0.1) is 0 Å². The maximum atomic E-state index is 4.58. The summed E-state index contributed by atoms with van der Waals surface area (Å²) in [5.74, 6) is 3.65. The Balaban J connectivity index is 2.22. The third-order valence-electron chi connectivity index (χ3n) is 3.12. The van der Waals surface area contributed by atoms with Gasteiger partial charge in [-0.05, 0) is 6.92 Å². The standard InChI is InChI=1S/C14H22N6/c1-5-11-17-12(15-6-2)9-13(18-11)20(4)10-14-16-7-8-19(14)3/h7-9H,5-6,10H2,1-4H3,(H,15,17,18). The molecule has 0 spiro atoms. The Morgan fingerprint density at radius 3 is 2.70 bits per heavy atom. The van der Waals surface area contributed by atoms with Crippen molar-refractivity contribution in [1.29, 1.82) is 0 Å². The van der Waals surface area contributed by atoms with Crippen molar-refractivity contribution in [2.75, 3.05) is 23.8 Å². The summed E-state index contributed by atoms with van der Waals surface area (Å²) < 4.78 is 2.02. The minimum Gasteiger partial charge on any atom is -0.370 e. The number of anilines is 2. The Labute approximate surface area is 119 Å². The summed E-state index contributed by atoms with van der Waals surface area (Å²) in [6.45, 7) is 5.69. The van der Waals surface area contributed by atoms with Crippen LogP contribution >= 0.6 is 0 Å². The monoisotopic (exact) mass is 274 g/mol. The number of hydrogen-bond donors (Lipinski definition) is 1. The van der Waals surface area contributed by atoms with E-state index in [1.54, 1.807) is 0 Å². The molecule has 1 N–H and O–H groups in total. The van der Waals surface area contributed by atoms with Crippen LogP contribution in [0.3, 0.4) is 0 Å². The van der Waals surface area contributed by atoms with Crippen LogP contribution in [0.4, 0.5) is 11.6 Å². The molecular weight excluding hydrogens is 252 g/mol. The molecule has 0 saturated heterocycles. The zero-order chi connectivity index (χ0) is 14.5. The van der Waals surface area contributed by atoms with E-state index < -0.39 is 0 Å². The molecule has 6 heteroatoms. The van der Waals surface area contributed by atoms with Crippen LogP contribution in [0.5, 0.6) is 0 Å². The van der Waals surface area contributed by atoms with Gasteiger partial charge in [-0.3, -0.25) is 0 Å². The topological polar surface area (TPSA) is 58.9 Å². The molecule has 0 aromatic carbocycles. The highest BCUT2D eigenvalue weighted by Gasteiger charge is 2.10. The van der Waals surface area contributed by atoms with Gasteiger partial charge in [0, 0.05) is 45.5 Å². The molecular formula is C14H22N6. The van der Waals surface area contributed by atoms with E-state index in [9.17, 15) is 0 Å². The Kier molecular flexibility index (Phi) is 4.55. The first-order valence-corrected chi connectivity index (χ1v) is 6.93. The summed E-state index contributed by atoms with van der Waals surface area (Å²) in [5, 5.41) is 3.25. The van der Waals surface area contributed by atoms with Gasteiger partial charge < -0.3 is 14.8 Å². The smallest absolute Gasteiger partial charge is 0.134 e. The molecule has 0 aliphatic rings. The lowest BCUT2D eigenvalue weighted by Crippen LogP contribution is -2.21. The average Bonchev–Trinajstić information content (AvgIpc) is 2.84. The van der Waals surface area contributed by atoms with Gasteiger partial charge in [0.15, 0.2) is 0 Å². The summed E-state index contributed by atoms with van der Waals surface area (Å²) >= 11 is 0. The van der Waals surface area contributed by atoms with E-state index in [0.29, 0.717) is 0 Å². The minimum atomic E-state index is 0.717. The fraction of sp³-hybridized carbons (Fsp3) is 0.500. The van der Waals surface area contributed by atoms with Crippen LogP contribution in [-0.4, -0.2) is 33.1 Å². The van der Waals surface area contributed by atoms with Gasteiger partial charge in [-0.2, -0.15) is 0 Å². The van der Waals surface area contributed by atoms with Crippen LogP contribution in [0.15, 0.2) is 18.5 Å². The van der Waals surface area contributed by atoms with E-state index in [1.165, 1.54) is 0 Å². The lowest BCUT2D eigenvalue weighted by atomic mass is 10.4. The lowest BCUT2D eigenvalue weighted by molar-refractivity contribution is 0.750. The molecule has 0 atom stereocenters. The van der Waals surface area contributed by atoms with E-state index in [-0.39, 0.29) is 0 Å². The van der Waals surface area contributed by atoms with Crippen molar-refractivity contribution >= 4 is 11.6 Å². The fourth-order valence-electron chi connectivity index (χ4n) is 1.95. The van der Waals surface area contributed by atoms with Crippen molar-refractivity contribution < 1.29 is 0 Å². The van der Waals surface area contributed by atoms with Crippen LogP contribution in [0, 0.1) is 0 Å². The summed E-state index contributed by atoms with van der Waals surface area (Å²) in [6, 6.07) is 1.98. The second kappa shape index (κ2) is 6.36. The van der Waals surface area contributed by atoms with Crippen LogP contribution in [-0.2, 0) is 20.0 Å². The van der Waals surface area contributed by atoms with Crippen molar-refractivity contribution in [3.63, 3.8) is 0 Å². The van der Waals surface area contributed by atoms with Gasteiger partial charge in [0.25, 0.3) is 0 Å². The van der Waals surface area contributed by atoms with Gasteiger partial charge in [0.2, 0.25) is 0 Å². The van der Waals surface area contributed by atoms with Crippen molar-refractivity contribution in [2.45, 2.75) is 26.8 Å². The number of aromatic nitrogens is 4. The summed E-state index contributed by atoms with van der Waals surface area (Å²) in [6.07, 6.45) is 4.58. The van der Waals surface area contributed by atoms with Gasteiger partial charge in [-0.1, -0.05) is 6.92 Å². The molecule has 6 nitrogen and oxygen atoms in total. The quantitative estimate of drug-likeness (QED) is 0.871. The van der Waals surface area contributed by atoms with E-state index in [1.807, 2.05) is 37.1 Å². The molecule has 2 heterocycles. The maximum absolute atomic E-state index is 4.58. The highest BCUT2D eigenvalue weighted by molar-refractivity contribution is 5.49. The Morgan fingerprint density at radius 2 is 2.10 bits per heavy atom. The lowest BCUT2D eigenvalue weighted by Gasteiger charge is -2.19. The molecule has 0 fully saturated rings. The molecule has 2 aromatic rings. The predicted molar refractivity (Wildman–Crippen MR) is 80.9 cm³/mol. The van der Waals surface area contributed by atoms with Gasteiger partial charge in [-0.25, -0.2) is 15.0 Å². The number of nitrogens with zero attached hydrogens (tertiary/aromatic N) is 5. The normalized spacial score (nSPS) is 10.6. The highest BCUT2D eigenvalue weighted by Crippen LogP contribution is 2.16. The largest absolute Gasteiger partial charge is 0.370 e. The molecule has 20 heavy (non-hydrogen) atoms. The van der Waals surface area contributed by atoms with Gasteiger partial charge in [0.1, 0.15) is 23.3 Å². The SMILES string of the molecule is CCNc1cc(N(C)Cc2nccn2C)nc(CC)n1. The van der Waals surface area contributed by atoms with Crippen LogP contribution < -0.4 is 10.2 Å². The highest BCUT2D eigenvalue weighted by atomic mass is 15.2. The summed E-state index contributed by atoms with van der Waals surface area (Å²) in [5.41, 5.74) is 0. The molecule has 0 unspecified atom stereocenters. The summed E-state index contributed by atoms with van der Waals surface area (Å²) in [7, 11) is 4.02. The van der Waals surface area contributed by atoms with E-state index in [0.717, 1.165) is 42.8 Å². The first kappa shape index (κ1) is 14.3. The molecule has 0 aliphatic heterocycles. The van der Waals surface area contributed by atoms with Crippen LogP contribution in [0.2, 0.25) is 0 Å². The first-order valence-electron chi connectivity index (χ1n) is 6.93. The molecule has 0 saturated carbocycles.